The van der Waals surface area contributed by atoms with Gasteiger partial charge in [-0.3, -0.25) is 9.59 Å². The number of hydrogen-bond donors (Lipinski definition) is 2. The Bertz CT molecular complexity index is 678. The quantitative estimate of drug-likeness (QED) is 0.738. The number of phenols is 1. The molecule has 1 fully saturated rings. The molecule has 1 heterocycles. The highest BCUT2D eigenvalue weighted by molar-refractivity contribution is 5.82. The van der Waals surface area contributed by atoms with Gasteiger partial charge in [0.1, 0.15) is 17.2 Å². The average Bonchev–Trinajstić information content (AvgIpc) is 2.93. The second kappa shape index (κ2) is 9.77. The molecule has 1 aliphatic heterocycles. The van der Waals surface area contributed by atoms with E-state index in [4.69, 9.17) is 5.11 Å². The highest BCUT2D eigenvalue weighted by atomic mass is 19.3. The van der Waals surface area contributed by atoms with Crippen LogP contribution in [0.4, 0.5) is 13.2 Å². The number of nitrogens with one attached hydrogen (secondary N) is 1. The molecule has 0 saturated carbocycles. The molecule has 0 aromatic heterocycles. The normalized spacial score (nSPS) is 16.8. The van der Waals surface area contributed by atoms with Crippen molar-refractivity contribution in [1.82, 2.24) is 10.2 Å². The molecule has 0 spiro atoms. The number of rotatable bonds is 5. The van der Waals surface area contributed by atoms with Gasteiger partial charge in [0, 0.05) is 19.0 Å². The monoisotopic (exact) mass is 404 g/mol. The zero-order valence-corrected chi connectivity index (χ0v) is 16.5. The van der Waals surface area contributed by atoms with Crippen molar-refractivity contribution in [3.63, 3.8) is 0 Å². The molecule has 1 aromatic carbocycles. The Morgan fingerprint density at radius 3 is 2.46 bits per heavy atom. The summed E-state index contributed by atoms with van der Waals surface area (Å²) in [6, 6.07) is 2.87. The van der Waals surface area contributed by atoms with E-state index in [0.717, 1.165) is 11.0 Å². The van der Waals surface area contributed by atoms with Crippen molar-refractivity contribution < 1.29 is 32.6 Å². The molecule has 1 amide bonds. The fourth-order valence-electron chi connectivity index (χ4n) is 2.52. The summed E-state index contributed by atoms with van der Waals surface area (Å²) in [7, 11) is 1.52. The van der Waals surface area contributed by atoms with Crippen LogP contribution in [-0.2, 0) is 20.7 Å². The molecule has 6 nitrogen and oxygen atoms in total. The lowest BCUT2D eigenvalue weighted by Gasteiger charge is -2.23. The van der Waals surface area contributed by atoms with E-state index < -0.39 is 30.2 Å². The summed E-state index contributed by atoms with van der Waals surface area (Å²) in [5.74, 6) is -4.16. The van der Waals surface area contributed by atoms with Crippen molar-refractivity contribution >= 4 is 12.4 Å². The Kier molecular flexibility index (Phi) is 8.29. The van der Waals surface area contributed by atoms with Crippen LogP contribution < -0.4 is 5.32 Å². The predicted octanol–water partition coefficient (Wildman–Crippen LogP) is 2.49. The summed E-state index contributed by atoms with van der Waals surface area (Å²) in [6.07, 6.45) is -0.313. The summed E-state index contributed by atoms with van der Waals surface area (Å²) >= 11 is 0. The van der Waals surface area contributed by atoms with Crippen LogP contribution in [0.3, 0.4) is 0 Å². The molecule has 2 rings (SSSR count). The van der Waals surface area contributed by atoms with Crippen molar-refractivity contribution in [3.8, 4) is 5.75 Å². The molecule has 28 heavy (non-hydrogen) atoms. The number of halogens is 3. The zero-order chi connectivity index (χ0) is 21.5. The van der Waals surface area contributed by atoms with Gasteiger partial charge in [-0.25, -0.2) is 13.2 Å². The largest absolute Gasteiger partial charge is 0.508 e. The minimum Gasteiger partial charge on any atom is -0.508 e. The number of carbonyl (C=O) groups is 2. The van der Waals surface area contributed by atoms with Crippen LogP contribution in [0.1, 0.15) is 32.8 Å². The third-order valence-electron chi connectivity index (χ3n) is 3.99. The van der Waals surface area contributed by atoms with Crippen LogP contribution in [0, 0.1) is 5.82 Å². The number of aromatic hydroxyl groups is 1. The maximum absolute atomic E-state index is 13.7. The van der Waals surface area contributed by atoms with Gasteiger partial charge in [-0.2, -0.15) is 0 Å². The first kappa shape index (κ1) is 23.7. The average molecular weight is 404 g/mol. The van der Waals surface area contributed by atoms with Crippen molar-refractivity contribution in [2.45, 2.75) is 51.2 Å². The van der Waals surface area contributed by atoms with Crippen LogP contribution in [-0.4, -0.2) is 60.1 Å². The number of likely N-dealkylation sites (N-methyl/N-ethyl adjacent to an activating group) is 1. The topological polar surface area (TPSA) is 78.9 Å². The molecule has 2 N–H and O–H groups in total. The Hall–Kier alpha value is -2.29. The molecule has 0 radical (unpaired) electrons. The number of amides is 1. The second-order valence-electron chi connectivity index (χ2n) is 7.51. The predicted molar refractivity (Wildman–Crippen MR) is 97.7 cm³/mol. The van der Waals surface area contributed by atoms with Gasteiger partial charge < -0.3 is 20.1 Å². The summed E-state index contributed by atoms with van der Waals surface area (Å²) < 4.78 is 44.5. The Labute approximate surface area is 162 Å². The number of alkyl halides is 2. The number of ether oxygens (including phenoxy) is 1. The second-order valence-corrected chi connectivity index (χ2v) is 7.51. The fourth-order valence-corrected chi connectivity index (χ4v) is 2.52. The van der Waals surface area contributed by atoms with Gasteiger partial charge in [0.05, 0.1) is 12.6 Å². The van der Waals surface area contributed by atoms with Crippen molar-refractivity contribution in [2.24, 2.45) is 0 Å². The minimum absolute atomic E-state index is 0.00206. The molecule has 1 saturated heterocycles. The zero-order valence-electron chi connectivity index (χ0n) is 16.5. The molecule has 0 bridgehead atoms. The number of hydrogen-bond acceptors (Lipinski definition) is 5. The summed E-state index contributed by atoms with van der Waals surface area (Å²) in [5, 5.41) is 11.9. The van der Waals surface area contributed by atoms with Crippen LogP contribution >= 0.6 is 0 Å². The lowest BCUT2D eigenvalue weighted by Crippen LogP contribution is -2.46. The van der Waals surface area contributed by atoms with E-state index in [1.807, 2.05) is 20.8 Å². The summed E-state index contributed by atoms with van der Waals surface area (Å²) in [5.41, 5.74) is -0.0756. The smallest absolute Gasteiger partial charge is 0.293 e. The summed E-state index contributed by atoms with van der Waals surface area (Å²) in [6.45, 7) is 5.33. The van der Waals surface area contributed by atoms with Crippen LogP contribution in [0.25, 0.3) is 0 Å². The van der Waals surface area contributed by atoms with Gasteiger partial charge >= 0.3 is 0 Å². The highest BCUT2D eigenvalue weighted by Gasteiger charge is 2.41. The van der Waals surface area contributed by atoms with E-state index in [2.05, 4.69) is 10.1 Å². The van der Waals surface area contributed by atoms with E-state index in [1.165, 1.54) is 19.2 Å². The van der Waals surface area contributed by atoms with Crippen molar-refractivity contribution in [2.75, 3.05) is 20.1 Å². The Balaban J connectivity index is 0.000000480. The lowest BCUT2D eigenvalue weighted by molar-refractivity contribution is -0.138. The summed E-state index contributed by atoms with van der Waals surface area (Å²) in [4.78, 5) is 22.9. The van der Waals surface area contributed by atoms with Crippen LogP contribution in [0.2, 0.25) is 0 Å². The fraction of sp³-hybridized carbons (Fsp3) is 0.579. The first-order valence-corrected chi connectivity index (χ1v) is 8.81. The van der Waals surface area contributed by atoms with Gasteiger partial charge in [-0.05, 0) is 45.9 Å². The molecule has 0 aliphatic carbocycles. The first-order chi connectivity index (χ1) is 12.9. The minimum atomic E-state index is -2.85. The molecule has 9 heteroatoms. The molecule has 1 aliphatic rings. The van der Waals surface area contributed by atoms with Gasteiger partial charge in [-0.1, -0.05) is 6.07 Å². The Morgan fingerprint density at radius 2 is 2.07 bits per heavy atom. The number of nitrogens with zero attached hydrogens (tertiary/aromatic N) is 1. The van der Waals surface area contributed by atoms with Crippen molar-refractivity contribution in [1.29, 1.82) is 0 Å². The third kappa shape index (κ3) is 7.75. The number of likely N-dealkylation sites (tertiary alicyclic amines) is 1. The number of benzene rings is 1. The van der Waals surface area contributed by atoms with Gasteiger partial charge in [0.25, 0.3) is 12.4 Å². The first-order valence-electron chi connectivity index (χ1n) is 8.81. The number of carbonyl (C=O) groups excluding carboxylic acids is 2. The van der Waals surface area contributed by atoms with E-state index in [0.29, 0.717) is 6.47 Å². The molecule has 1 unspecified atom stereocenters. The van der Waals surface area contributed by atoms with Crippen molar-refractivity contribution in [3.05, 3.63) is 29.6 Å². The van der Waals surface area contributed by atoms with Gasteiger partial charge in [-0.15, -0.1) is 0 Å². The SMILES string of the molecule is CC(C)(C)OC=O.CNC(Cc1ccc(O)cc1F)C(=O)N1CCC(F)(F)C1. The molecule has 158 valence electrons. The van der Waals surface area contributed by atoms with E-state index in [-0.39, 0.29) is 36.3 Å². The third-order valence-corrected chi connectivity index (χ3v) is 3.99. The standard InChI is InChI=1S/C14H17F3N2O2.C5H10O2/c1-18-12(6-9-2-3-10(20)7-11(9)15)13(21)19-5-4-14(16,17)8-19;1-5(2,3)7-4-6/h2-3,7,12,18,20H,4-6,8H2,1H3;4H,1-3H3. The lowest BCUT2D eigenvalue weighted by atomic mass is 10.0. The van der Waals surface area contributed by atoms with Crippen LogP contribution in [0.15, 0.2) is 18.2 Å². The van der Waals surface area contributed by atoms with Gasteiger partial charge in [0.2, 0.25) is 5.91 Å². The van der Waals surface area contributed by atoms with E-state index >= 15 is 0 Å². The van der Waals surface area contributed by atoms with E-state index in [9.17, 15) is 22.8 Å². The molecule has 1 aromatic rings. The highest BCUT2D eigenvalue weighted by Crippen LogP contribution is 2.27. The van der Waals surface area contributed by atoms with E-state index in [1.54, 1.807) is 0 Å². The molecule has 1 atom stereocenters. The molecular weight excluding hydrogens is 377 g/mol. The molecular formula is C19H27F3N2O4. The maximum atomic E-state index is 13.7. The Morgan fingerprint density at radius 1 is 1.43 bits per heavy atom. The van der Waals surface area contributed by atoms with Crippen LogP contribution in [0.5, 0.6) is 5.75 Å². The van der Waals surface area contributed by atoms with Gasteiger partial charge in [0.15, 0.2) is 0 Å². The number of phenolic OH excluding ortho intramolecular Hbond substituents is 1. The maximum Gasteiger partial charge on any atom is 0.293 e.